The lowest BCUT2D eigenvalue weighted by Crippen LogP contribution is -2.29. The van der Waals surface area contributed by atoms with Gasteiger partial charge in [0.15, 0.2) is 11.5 Å². The van der Waals surface area contributed by atoms with Gasteiger partial charge in [-0.05, 0) is 74.4 Å². The Bertz CT molecular complexity index is 2190. The number of halogens is 1. The Kier molecular flexibility index (Phi) is 11.4. The molecular weight excluding hydrogens is 700 g/mol. The van der Waals surface area contributed by atoms with Gasteiger partial charge in [0.25, 0.3) is 0 Å². The van der Waals surface area contributed by atoms with Gasteiger partial charge < -0.3 is 20.1 Å². The molecule has 0 saturated heterocycles. The Morgan fingerprint density at radius 1 is 1.02 bits per heavy atom. The van der Waals surface area contributed by atoms with Crippen molar-refractivity contribution in [2.24, 2.45) is 0 Å². The van der Waals surface area contributed by atoms with Crippen LogP contribution in [-0.4, -0.2) is 79.7 Å². The lowest BCUT2D eigenvalue weighted by atomic mass is 9.92. The molecule has 0 atom stereocenters. The number of thioether (sulfide) groups is 1. The molecule has 0 spiro atoms. The second kappa shape index (κ2) is 16.1. The summed E-state index contributed by atoms with van der Waals surface area (Å²) < 4.78 is 24.1. The SMILES string of the molecule is CSCC(C)(C)c1cc(NC(=O)NCc2ccccc2Sc2ccc3nnc(-c4cc(O)ccc4F)n3c2)n(-c2cccc(OCCN(C)C)c2)n1. The highest BCUT2D eigenvalue weighted by molar-refractivity contribution is 7.99. The van der Waals surface area contributed by atoms with Crippen LogP contribution in [0.3, 0.4) is 0 Å². The number of anilines is 1. The van der Waals surface area contributed by atoms with E-state index < -0.39 is 5.82 Å². The van der Waals surface area contributed by atoms with E-state index in [1.165, 1.54) is 30.0 Å². The molecule has 11 nitrogen and oxygen atoms in total. The van der Waals surface area contributed by atoms with E-state index in [2.05, 4.69) is 45.8 Å². The van der Waals surface area contributed by atoms with Crippen molar-refractivity contribution in [3.8, 4) is 28.6 Å². The van der Waals surface area contributed by atoms with Gasteiger partial charge in [-0.15, -0.1) is 10.2 Å². The number of rotatable bonds is 14. The summed E-state index contributed by atoms with van der Waals surface area (Å²) in [4.78, 5) is 17.3. The Morgan fingerprint density at radius 3 is 2.65 bits per heavy atom. The van der Waals surface area contributed by atoms with Crippen molar-refractivity contribution >= 4 is 41.0 Å². The van der Waals surface area contributed by atoms with Crippen molar-refractivity contribution in [1.82, 2.24) is 34.6 Å². The highest BCUT2D eigenvalue weighted by Gasteiger charge is 2.26. The number of amides is 2. The number of aromatic nitrogens is 5. The van der Waals surface area contributed by atoms with Crippen LogP contribution in [-0.2, 0) is 12.0 Å². The van der Waals surface area contributed by atoms with E-state index in [4.69, 9.17) is 9.84 Å². The number of urea groups is 1. The van der Waals surface area contributed by atoms with Gasteiger partial charge in [0.1, 0.15) is 29.7 Å². The number of ether oxygens (including phenoxy) is 1. The first kappa shape index (κ1) is 36.7. The molecule has 14 heteroatoms. The van der Waals surface area contributed by atoms with Crippen molar-refractivity contribution in [2.45, 2.75) is 35.6 Å². The van der Waals surface area contributed by atoms with Gasteiger partial charge in [-0.2, -0.15) is 16.9 Å². The third kappa shape index (κ3) is 8.69. The van der Waals surface area contributed by atoms with E-state index in [9.17, 15) is 14.3 Å². The van der Waals surface area contributed by atoms with E-state index in [1.54, 1.807) is 26.9 Å². The van der Waals surface area contributed by atoms with Crippen molar-refractivity contribution in [1.29, 1.82) is 0 Å². The van der Waals surface area contributed by atoms with Crippen LogP contribution in [0.5, 0.6) is 11.5 Å². The Hall–Kier alpha value is -5.05. The fraction of sp³-hybridized carbons (Fsp3) is 0.263. The highest BCUT2D eigenvalue weighted by Crippen LogP contribution is 2.33. The Balaban J connectivity index is 1.19. The van der Waals surface area contributed by atoms with Crippen LogP contribution in [0.1, 0.15) is 25.1 Å². The maximum Gasteiger partial charge on any atom is 0.320 e. The van der Waals surface area contributed by atoms with Gasteiger partial charge in [0.2, 0.25) is 0 Å². The summed E-state index contributed by atoms with van der Waals surface area (Å²) in [5.41, 5.74) is 2.98. The van der Waals surface area contributed by atoms with Crippen LogP contribution >= 0.6 is 23.5 Å². The number of carbonyl (C=O) groups excluding carboxylic acids is 1. The molecule has 6 aromatic rings. The van der Waals surface area contributed by atoms with Gasteiger partial charge in [-0.3, -0.25) is 9.72 Å². The lowest BCUT2D eigenvalue weighted by Gasteiger charge is -2.20. The summed E-state index contributed by atoms with van der Waals surface area (Å²) in [6.45, 7) is 5.87. The zero-order valence-corrected chi connectivity index (χ0v) is 31.3. The van der Waals surface area contributed by atoms with E-state index in [0.717, 1.165) is 44.8 Å². The number of carbonyl (C=O) groups is 1. The number of hydrogen-bond acceptors (Lipinski definition) is 9. The zero-order chi connectivity index (χ0) is 36.8. The number of phenols is 1. The number of fused-ring (bicyclic) bond motifs is 1. The monoisotopic (exact) mass is 740 g/mol. The Morgan fingerprint density at radius 2 is 1.85 bits per heavy atom. The maximum atomic E-state index is 14.7. The minimum Gasteiger partial charge on any atom is -0.508 e. The number of aromatic hydroxyl groups is 1. The van der Waals surface area contributed by atoms with Crippen LogP contribution < -0.4 is 15.4 Å². The first-order chi connectivity index (χ1) is 25.0. The molecule has 6 rings (SSSR count). The minimum atomic E-state index is -0.513. The average Bonchev–Trinajstić information content (AvgIpc) is 3.74. The number of likely N-dealkylation sites (N-methyl/N-ethyl adjacent to an activating group) is 1. The van der Waals surface area contributed by atoms with Gasteiger partial charge >= 0.3 is 6.03 Å². The predicted octanol–water partition coefficient (Wildman–Crippen LogP) is 7.48. The zero-order valence-electron chi connectivity index (χ0n) is 29.6. The number of pyridine rings is 1. The topological polar surface area (TPSA) is 122 Å². The van der Waals surface area contributed by atoms with Crippen LogP contribution in [0, 0.1) is 5.82 Å². The third-order valence-corrected chi connectivity index (χ3v) is 10.3. The van der Waals surface area contributed by atoms with Gasteiger partial charge in [0.05, 0.1) is 16.9 Å². The molecule has 3 aromatic heterocycles. The van der Waals surface area contributed by atoms with Crippen molar-refractivity contribution in [2.75, 3.05) is 44.6 Å². The number of hydrogen-bond donors (Lipinski definition) is 3. The van der Waals surface area contributed by atoms with Crippen molar-refractivity contribution < 1.29 is 19.0 Å². The molecule has 270 valence electrons. The molecule has 2 amide bonds. The van der Waals surface area contributed by atoms with Crippen LogP contribution in [0.15, 0.2) is 101 Å². The standard InChI is InChI=1S/C38H41FN8O3S2/c1-38(2,24-51-5)33-21-35(47(44-33)26-10-8-11-28(19-26)50-18-17-45(3)4)41-37(49)40-22-25-9-6-7-12-32(25)52-29-14-16-34-42-43-36(46(34)23-29)30-20-27(48)13-15-31(30)39/h6-16,19-21,23,48H,17-18,22,24H2,1-5H3,(H2,40,41,49). The molecule has 3 N–H and O–H groups in total. The Labute approximate surface area is 310 Å². The molecule has 0 aliphatic rings. The molecule has 0 saturated carbocycles. The minimum absolute atomic E-state index is 0.0663. The molecule has 0 aliphatic heterocycles. The van der Waals surface area contributed by atoms with E-state index in [0.29, 0.717) is 18.1 Å². The normalized spacial score (nSPS) is 11.7. The molecule has 3 aromatic carbocycles. The molecule has 0 radical (unpaired) electrons. The summed E-state index contributed by atoms with van der Waals surface area (Å²) in [5.74, 6) is 1.81. The molecule has 0 fully saturated rings. The summed E-state index contributed by atoms with van der Waals surface area (Å²) in [6.07, 6.45) is 3.90. The largest absolute Gasteiger partial charge is 0.508 e. The summed E-state index contributed by atoms with van der Waals surface area (Å²) in [6, 6.07) is 24.6. The molecule has 3 heterocycles. The molecule has 0 unspecified atom stereocenters. The third-order valence-electron chi connectivity index (χ3n) is 8.22. The fourth-order valence-electron chi connectivity index (χ4n) is 5.50. The second-order valence-electron chi connectivity index (χ2n) is 13.1. The molecule has 0 bridgehead atoms. The van der Waals surface area contributed by atoms with Crippen LogP contribution in [0.25, 0.3) is 22.7 Å². The summed E-state index contributed by atoms with van der Waals surface area (Å²) >= 11 is 3.24. The number of phenolic OH excluding ortho intramolecular Hbond substituents is 1. The number of nitrogens with zero attached hydrogens (tertiary/aromatic N) is 6. The first-order valence-electron chi connectivity index (χ1n) is 16.6. The smallest absolute Gasteiger partial charge is 0.320 e. The van der Waals surface area contributed by atoms with Crippen LogP contribution in [0.2, 0.25) is 0 Å². The second-order valence-corrected chi connectivity index (χ2v) is 15.1. The van der Waals surface area contributed by atoms with Gasteiger partial charge in [-0.1, -0.05) is 49.9 Å². The summed E-state index contributed by atoms with van der Waals surface area (Å²) in [7, 11) is 4.00. The quantitative estimate of drug-likeness (QED) is 0.104. The van der Waals surface area contributed by atoms with Crippen molar-refractivity contribution in [3.63, 3.8) is 0 Å². The number of benzene rings is 3. The fourth-order valence-corrected chi connectivity index (χ4v) is 7.33. The van der Waals surface area contributed by atoms with Gasteiger partial charge in [-0.25, -0.2) is 13.9 Å². The van der Waals surface area contributed by atoms with Gasteiger partial charge in [0, 0.05) is 52.4 Å². The van der Waals surface area contributed by atoms with Crippen molar-refractivity contribution in [3.05, 3.63) is 108 Å². The number of nitrogens with one attached hydrogen (secondary N) is 2. The van der Waals surface area contributed by atoms with Crippen LogP contribution in [0.4, 0.5) is 15.0 Å². The first-order valence-corrected chi connectivity index (χ1v) is 18.8. The molecular formula is C38H41FN8O3S2. The van der Waals surface area contributed by atoms with E-state index in [1.807, 2.05) is 81.0 Å². The average molecular weight is 741 g/mol. The predicted molar refractivity (Wildman–Crippen MR) is 205 cm³/mol. The highest BCUT2D eigenvalue weighted by atomic mass is 32.2. The van der Waals surface area contributed by atoms with E-state index >= 15 is 0 Å². The lowest BCUT2D eigenvalue weighted by molar-refractivity contribution is 0.251. The maximum absolute atomic E-state index is 14.7. The summed E-state index contributed by atoms with van der Waals surface area (Å²) in [5, 5.41) is 29.3. The molecule has 0 aliphatic carbocycles. The van der Waals surface area contributed by atoms with E-state index in [-0.39, 0.29) is 35.1 Å². The molecule has 52 heavy (non-hydrogen) atoms.